The number of allylic oxidation sites excluding steroid dienone is 2. The number of nitriles is 1. The molecule has 3 heteroatoms. The predicted molar refractivity (Wildman–Crippen MR) is 33.8 cm³/mol. The topological polar surface area (TPSA) is 44.0 Å². The van der Waals surface area contributed by atoms with Gasteiger partial charge in [-0.1, -0.05) is 0 Å². The Bertz CT molecular complexity index is 130. The molecule has 0 atom stereocenters. The van der Waals surface area contributed by atoms with Crippen molar-refractivity contribution in [2.45, 2.75) is 13.8 Å². The van der Waals surface area contributed by atoms with Crippen molar-refractivity contribution in [3.63, 3.8) is 0 Å². The van der Waals surface area contributed by atoms with E-state index in [1.165, 1.54) is 6.92 Å². The van der Waals surface area contributed by atoms with E-state index in [2.05, 4.69) is 0 Å². The second kappa shape index (κ2) is 5.17. The molecule has 0 aromatic carbocycles. The standard InChI is InChI=1S/C5H7NO.Na.H/c1-4(3-6)5(2)7;;/h7H,1-2H3;;. The fourth-order valence-corrected chi connectivity index (χ4v) is 0.0809. The Morgan fingerprint density at radius 1 is 1.50 bits per heavy atom. The van der Waals surface area contributed by atoms with Crippen molar-refractivity contribution in [3.8, 4) is 6.07 Å². The third-order valence-electron chi connectivity index (χ3n) is 0.710. The molecule has 0 aliphatic rings. The first-order valence-electron chi connectivity index (χ1n) is 1.95. The van der Waals surface area contributed by atoms with Crippen molar-refractivity contribution < 1.29 is 5.11 Å². The SMILES string of the molecule is CC(O)=C(C)C#N.[NaH]. The number of aliphatic hydroxyl groups excluding tert-OH is 1. The zero-order chi connectivity index (χ0) is 5.86. The maximum absolute atomic E-state index is 8.48. The molecule has 8 heavy (non-hydrogen) atoms. The predicted octanol–water partition coefficient (Wildman–Crippen LogP) is 0.713. The van der Waals surface area contributed by atoms with Gasteiger partial charge in [0.25, 0.3) is 0 Å². The molecule has 0 aromatic heterocycles. The monoisotopic (exact) mass is 121 g/mol. The molecule has 0 spiro atoms. The summed E-state index contributed by atoms with van der Waals surface area (Å²) in [6, 6.07) is 1.79. The van der Waals surface area contributed by atoms with Crippen molar-refractivity contribution in [2.75, 3.05) is 0 Å². The van der Waals surface area contributed by atoms with Crippen LogP contribution in [-0.4, -0.2) is 34.7 Å². The number of hydrogen-bond donors (Lipinski definition) is 1. The number of rotatable bonds is 0. The van der Waals surface area contributed by atoms with Gasteiger partial charge in [0, 0.05) is 0 Å². The molecule has 1 N–H and O–H groups in total. The van der Waals surface area contributed by atoms with Crippen molar-refractivity contribution in [1.29, 1.82) is 5.26 Å². The molecule has 0 aromatic rings. The Morgan fingerprint density at radius 2 is 1.88 bits per heavy atom. The Morgan fingerprint density at radius 3 is 1.88 bits per heavy atom. The molecule has 0 heterocycles. The van der Waals surface area contributed by atoms with Gasteiger partial charge in [0.2, 0.25) is 0 Å². The Hall–Kier alpha value is 0.0300. The second-order valence-electron chi connectivity index (χ2n) is 1.32. The third kappa shape index (κ3) is 4.20. The third-order valence-corrected chi connectivity index (χ3v) is 0.710. The van der Waals surface area contributed by atoms with E-state index in [4.69, 9.17) is 10.4 Å². The zero-order valence-electron chi connectivity index (χ0n) is 4.39. The van der Waals surface area contributed by atoms with Gasteiger partial charge in [-0.25, -0.2) is 0 Å². The molecular formula is C5H8NNaO. The van der Waals surface area contributed by atoms with Gasteiger partial charge in [0.1, 0.15) is 5.76 Å². The molecule has 0 amide bonds. The molecular weight excluding hydrogens is 113 g/mol. The van der Waals surface area contributed by atoms with E-state index < -0.39 is 0 Å². The zero-order valence-corrected chi connectivity index (χ0v) is 4.39. The molecule has 0 radical (unpaired) electrons. The normalized spacial score (nSPS) is 10.6. The fourth-order valence-electron chi connectivity index (χ4n) is 0.0809. The van der Waals surface area contributed by atoms with Crippen LogP contribution in [0.4, 0.5) is 0 Å². The van der Waals surface area contributed by atoms with Gasteiger partial charge >= 0.3 is 29.6 Å². The van der Waals surface area contributed by atoms with Crippen LogP contribution in [0.5, 0.6) is 0 Å². The van der Waals surface area contributed by atoms with E-state index in [0.29, 0.717) is 5.57 Å². The van der Waals surface area contributed by atoms with Crippen LogP contribution in [0.3, 0.4) is 0 Å². The summed E-state index contributed by atoms with van der Waals surface area (Å²) >= 11 is 0. The molecule has 2 nitrogen and oxygen atoms in total. The van der Waals surface area contributed by atoms with Gasteiger partial charge in [-0.2, -0.15) is 5.26 Å². The van der Waals surface area contributed by atoms with Crippen LogP contribution in [0, 0.1) is 11.3 Å². The molecule has 0 fully saturated rings. The molecule has 0 rings (SSSR count). The molecule has 0 aliphatic carbocycles. The van der Waals surface area contributed by atoms with Crippen molar-refractivity contribution in [2.24, 2.45) is 0 Å². The van der Waals surface area contributed by atoms with E-state index in [1.54, 1.807) is 13.0 Å². The Labute approximate surface area is 71.1 Å². The molecule has 0 unspecified atom stereocenters. The average Bonchev–Trinajstić information content (AvgIpc) is 1.65. The van der Waals surface area contributed by atoms with Gasteiger partial charge in [-0.05, 0) is 13.8 Å². The van der Waals surface area contributed by atoms with Crippen LogP contribution in [0.25, 0.3) is 0 Å². The van der Waals surface area contributed by atoms with Crippen molar-refractivity contribution in [1.82, 2.24) is 0 Å². The summed E-state index contributed by atoms with van der Waals surface area (Å²) in [5.74, 6) is 0.0995. The molecule has 0 saturated heterocycles. The van der Waals surface area contributed by atoms with Gasteiger partial charge in [-0.3, -0.25) is 0 Å². The van der Waals surface area contributed by atoms with Gasteiger partial charge < -0.3 is 5.11 Å². The summed E-state index contributed by atoms with van der Waals surface area (Å²) in [5, 5.41) is 16.5. The maximum atomic E-state index is 8.48. The van der Waals surface area contributed by atoms with Crippen LogP contribution in [0.15, 0.2) is 11.3 Å². The first-order chi connectivity index (χ1) is 3.18. The first-order valence-corrected chi connectivity index (χ1v) is 1.95. The van der Waals surface area contributed by atoms with Crippen molar-refractivity contribution >= 4 is 29.6 Å². The minimum absolute atomic E-state index is 0. The number of nitrogens with zero attached hydrogens (tertiary/aromatic N) is 1. The van der Waals surface area contributed by atoms with E-state index in [1.807, 2.05) is 0 Å². The minimum atomic E-state index is 0. The first kappa shape index (κ1) is 10.9. The summed E-state index contributed by atoms with van der Waals surface area (Å²) in [5.41, 5.74) is 0.375. The van der Waals surface area contributed by atoms with Crippen LogP contribution in [0.2, 0.25) is 0 Å². The summed E-state index contributed by atoms with van der Waals surface area (Å²) in [4.78, 5) is 0. The Kier molecular flexibility index (Phi) is 7.06. The summed E-state index contributed by atoms with van der Waals surface area (Å²) in [6.45, 7) is 3.05. The van der Waals surface area contributed by atoms with Crippen molar-refractivity contribution in [3.05, 3.63) is 11.3 Å². The van der Waals surface area contributed by atoms with Gasteiger partial charge in [-0.15, -0.1) is 0 Å². The molecule has 0 aliphatic heterocycles. The van der Waals surface area contributed by atoms with E-state index in [9.17, 15) is 0 Å². The van der Waals surface area contributed by atoms with Gasteiger partial charge in [0.05, 0.1) is 11.6 Å². The fraction of sp³-hybridized carbons (Fsp3) is 0.400. The van der Waals surface area contributed by atoms with Crippen LogP contribution < -0.4 is 0 Å². The average molecular weight is 121 g/mol. The number of hydrogen-bond acceptors (Lipinski definition) is 2. The molecule has 0 bridgehead atoms. The Balaban J connectivity index is 0. The van der Waals surface area contributed by atoms with Gasteiger partial charge in [0.15, 0.2) is 0 Å². The quantitative estimate of drug-likeness (QED) is 0.291. The summed E-state index contributed by atoms with van der Waals surface area (Å²) in [6.07, 6.45) is 0. The molecule has 0 saturated carbocycles. The summed E-state index contributed by atoms with van der Waals surface area (Å²) < 4.78 is 0. The van der Waals surface area contributed by atoms with Crippen LogP contribution in [0.1, 0.15) is 13.8 Å². The van der Waals surface area contributed by atoms with E-state index in [0.717, 1.165) is 0 Å². The molecule has 40 valence electrons. The second-order valence-corrected chi connectivity index (χ2v) is 1.32. The summed E-state index contributed by atoms with van der Waals surface area (Å²) in [7, 11) is 0. The number of aliphatic hydroxyl groups is 1. The van der Waals surface area contributed by atoms with E-state index in [-0.39, 0.29) is 35.3 Å². The van der Waals surface area contributed by atoms with Crippen LogP contribution >= 0.6 is 0 Å². The van der Waals surface area contributed by atoms with Crippen LogP contribution in [-0.2, 0) is 0 Å². The van der Waals surface area contributed by atoms with E-state index >= 15 is 0 Å².